The van der Waals surface area contributed by atoms with Crippen LogP contribution in [0.4, 0.5) is 15.9 Å². The van der Waals surface area contributed by atoms with Crippen LogP contribution in [0.2, 0.25) is 5.02 Å². The number of amides is 1. The molecule has 1 aliphatic rings. The van der Waals surface area contributed by atoms with Gasteiger partial charge in [0.1, 0.15) is 22.8 Å². The highest BCUT2D eigenvalue weighted by Gasteiger charge is 2.25. The van der Waals surface area contributed by atoms with Crippen LogP contribution in [0.25, 0.3) is 10.2 Å². The van der Waals surface area contributed by atoms with Crippen LogP contribution in [0.3, 0.4) is 0 Å². The number of fused-ring (bicyclic) bond motifs is 3. The summed E-state index contributed by atoms with van der Waals surface area (Å²) >= 11 is 7.48. The summed E-state index contributed by atoms with van der Waals surface area (Å²) in [7, 11) is 0. The third-order valence-electron chi connectivity index (χ3n) is 5.40. The van der Waals surface area contributed by atoms with Crippen LogP contribution in [0.15, 0.2) is 49.5 Å². The molecule has 0 unspecified atom stereocenters. The SMILES string of the molecule is C=CN(CC)C/C=C/C(=O)N1CCc2c(sc3ncnc(Nc4ccc(F)c(Cl)c4)c23)C1. The van der Waals surface area contributed by atoms with Crippen molar-refractivity contribution in [3.05, 3.63) is 70.7 Å². The maximum atomic E-state index is 13.5. The Morgan fingerprint density at radius 1 is 1.44 bits per heavy atom. The lowest BCUT2D eigenvalue weighted by molar-refractivity contribution is -0.126. The molecule has 1 aliphatic heterocycles. The number of anilines is 2. The number of nitrogens with zero attached hydrogens (tertiary/aromatic N) is 4. The third-order valence-corrected chi connectivity index (χ3v) is 6.81. The Labute approximate surface area is 195 Å². The van der Waals surface area contributed by atoms with Gasteiger partial charge in [-0.15, -0.1) is 11.3 Å². The van der Waals surface area contributed by atoms with Crippen molar-refractivity contribution in [3.8, 4) is 0 Å². The second-order valence-electron chi connectivity index (χ2n) is 7.34. The number of carbonyl (C=O) groups excluding carboxylic acids is 1. The van der Waals surface area contributed by atoms with Gasteiger partial charge in [0.25, 0.3) is 0 Å². The van der Waals surface area contributed by atoms with Crippen LogP contribution in [-0.2, 0) is 17.8 Å². The van der Waals surface area contributed by atoms with Crippen molar-refractivity contribution in [2.24, 2.45) is 0 Å². The summed E-state index contributed by atoms with van der Waals surface area (Å²) in [5, 5.41) is 4.23. The zero-order valence-corrected chi connectivity index (χ0v) is 19.2. The van der Waals surface area contributed by atoms with Gasteiger partial charge >= 0.3 is 0 Å². The Morgan fingerprint density at radius 3 is 3.03 bits per heavy atom. The van der Waals surface area contributed by atoms with E-state index in [-0.39, 0.29) is 10.9 Å². The van der Waals surface area contributed by atoms with Crippen molar-refractivity contribution < 1.29 is 9.18 Å². The molecule has 0 aliphatic carbocycles. The number of carbonyl (C=O) groups is 1. The molecule has 0 fully saturated rings. The van der Waals surface area contributed by atoms with Crippen molar-refractivity contribution in [3.63, 3.8) is 0 Å². The molecule has 166 valence electrons. The summed E-state index contributed by atoms with van der Waals surface area (Å²) in [5.74, 6) is 0.182. The van der Waals surface area contributed by atoms with Crippen LogP contribution < -0.4 is 5.32 Å². The van der Waals surface area contributed by atoms with E-state index in [9.17, 15) is 9.18 Å². The molecular formula is C23H23ClFN5OS. The number of hydrogen-bond donors (Lipinski definition) is 1. The molecule has 0 radical (unpaired) electrons. The number of benzene rings is 1. The summed E-state index contributed by atoms with van der Waals surface area (Å²) in [6, 6.07) is 4.47. The first-order chi connectivity index (χ1) is 15.5. The first kappa shape index (κ1) is 22.2. The molecule has 0 saturated heterocycles. The Bertz CT molecular complexity index is 1190. The number of nitrogens with one attached hydrogen (secondary N) is 1. The highest BCUT2D eigenvalue weighted by atomic mass is 35.5. The fourth-order valence-electron chi connectivity index (χ4n) is 3.65. The molecule has 0 atom stereocenters. The van der Waals surface area contributed by atoms with Gasteiger partial charge in [-0.2, -0.15) is 0 Å². The van der Waals surface area contributed by atoms with Gasteiger partial charge in [-0.25, -0.2) is 14.4 Å². The summed E-state index contributed by atoms with van der Waals surface area (Å²) in [4.78, 5) is 27.3. The molecule has 1 aromatic carbocycles. The quantitative estimate of drug-likeness (QED) is 0.484. The lowest BCUT2D eigenvalue weighted by atomic mass is 10.0. The molecule has 0 bridgehead atoms. The molecule has 1 N–H and O–H groups in total. The molecule has 9 heteroatoms. The van der Waals surface area contributed by atoms with Gasteiger partial charge in [-0.3, -0.25) is 4.79 Å². The van der Waals surface area contributed by atoms with E-state index in [4.69, 9.17) is 11.6 Å². The van der Waals surface area contributed by atoms with E-state index in [1.807, 2.05) is 22.8 Å². The molecule has 3 heterocycles. The second kappa shape index (κ2) is 9.67. The molecule has 32 heavy (non-hydrogen) atoms. The maximum absolute atomic E-state index is 13.5. The molecule has 4 rings (SSSR count). The molecule has 2 aromatic heterocycles. The van der Waals surface area contributed by atoms with Crippen LogP contribution in [0.1, 0.15) is 17.4 Å². The average Bonchev–Trinajstić information content (AvgIpc) is 3.18. The highest BCUT2D eigenvalue weighted by molar-refractivity contribution is 7.19. The monoisotopic (exact) mass is 471 g/mol. The molecule has 3 aromatic rings. The number of thiophene rings is 1. The van der Waals surface area contributed by atoms with Crippen molar-refractivity contribution in [2.45, 2.75) is 19.9 Å². The van der Waals surface area contributed by atoms with Gasteiger partial charge in [-0.1, -0.05) is 24.3 Å². The molecule has 0 spiro atoms. The van der Waals surface area contributed by atoms with Crippen molar-refractivity contribution >= 4 is 50.6 Å². The normalized spacial score (nSPS) is 13.4. The van der Waals surface area contributed by atoms with Crippen LogP contribution in [-0.4, -0.2) is 45.3 Å². The minimum absolute atomic E-state index is 0.00129. The largest absolute Gasteiger partial charge is 0.375 e. The number of halogens is 2. The fourth-order valence-corrected chi connectivity index (χ4v) is 5.03. The zero-order valence-electron chi connectivity index (χ0n) is 17.6. The minimum atomic E-state index is -0.469. The number of rotatable bonds is 7. The van der Waals surface area contributed by atoms with Crippen molar-refractivity contribution in [1.82, 2.24) is 19.8 Å². The van der Waals surface area contributed by atoms with Crippen molar-refractivity contribution in [2.75, 3.05) is 25.0 Å². The van der Waals surface area contributed by atoms with E-state index >= 15 is 0 Å². The Morgan fingerprint density at radius 2 is 2.28 bits per heavy atom. The highest BCUT2D eigenvalue weighted by Crippen LogP contribution is 2.38. The third kappa shape index (κ3) is 4.61. The lowest BCUT2D eigenvalue weighted by Gasteiger charge is -2.26. The maximum Gasteiger partial charge on any atom is 0.246 e. The van der Waals surface area contributed by atoms with E-state index in [1.165, 1.54) is 18.5 Å². The smallest absolute Gasteiger partial charge is 0.246 e. The average molecular weight is 472 g/mol. The Kier molecular flexibility index (Phi) is 6.72. The summed E-state index contributed by atoms with van der Waals surface area (Å²) in [5.41, 5.74) is 1.80. The Balaban J connectivity index is 1.54. The number of hydrogen-bond acceptors (Lipinski definition) is 6. The second-order valence-corrected chi connectivity index (χ2v) is 8.83. The minimum Gasteiger partial charge on any atom is -0.375 e. The van der Waals surface area contributed by atoms with E-state index < -0.39 is 5.82 Å². The van der Waals surface area contributed by atoms with E-state index in [1.54, 1.807) is 29.7 Å². The van der Waals surface area contributed by atoms with E-state index in [0.717, 1.165) is 33.6 Å². The van der Waals surface area contributed by atoms with Crippen molar-refractivity contribution in [1.29, 1.82) is 0 Å². The lowest BCUT2D eigenvalue weighted by Crippen LogP contribution is -2.34. The van der Waals surface area contributed by atoms with Gasteiger partial charge in [0.2, 0.25) is 5.91 Å². The van der Waals surface area contributed by atoms with E-state index in [0.29, 0.717) is 31.1 Å². The number of likely N-dealkylation sites (N-methyl/N-ethyl adjacent to an activating group) is 1. The first-order valence-electron chi connectivity index (χ1n) is 10.3. The topological polar surface area (TPSA) is 61.4 Å². The van der Waals surface area contributed by atoms with Gasteiger partial charge in [0.05, 0.1) is 17.0 Å². The van der Waals surface area contributed by atoms with E-state index in [2.05, 4.69) is 21.9 Å². The fraction of sp³-hybridized carbons (Fsp3) is 0.261. The standard InChI is InChI=1S/C23H23ClFN5OS/c1-3-29(4-2)10-5-6-20(31)30-11-9-16-19(13-30)32-23-21(16)22(26-14-27-23)28-15-7-8-18(25)17(24)12-15/h3,5-8,12,14H,1,4,9-11,13H2,2H3,(H,26,27,28)/b6-5+. The molecular weight excluding hydrogens is 449 g/mol. The molecule has 6 nitrogen and oxygen atoms in total. The van der Waals surface area contributed by atoms with Crippen LogP contribution in [0.5, 0.6) is 0 Å². The summed E-state index contributed by atoms with van der Waals surface area (Å²) < 4.78 is 13.5. The summed E-state index contributed by atoms with van der Waals surface area (Å²) in [6.07, 6.45) is 7.49. The van der Waals surface area contributed by atoms with Gasteiger partial charge in [0.15, 0.2) is 0 Å². The van der Waals surface area contributed by atoms with Gasteiger partial charge in [0, 0.05) is 36.3 Å². The zero-order chi connectivity index (χ0) is 22.7. The van der Waals surface area contributed by atoms with Crippen LogP contribution in [0, 0.1) is 5.82 Å². The summed E-state index contributed by atoms with van der Waals surface area (Å²) in [6.45, 7) is 8.48. The predicted octanol–water partition coefficient (Wildman–Crippen LogP) is 5.13. The van der Waals surface area contributed by atoms with Gasteiger partial charge in [-0.05, 0) is 43.3 Å². The first-order valence-corrected chi connectivity index (χ1v) is 11.5. The number of aromatic nitrogens is 2. The van der Waals surface area contributed by atoms with Gasteiger partial charge < -0.3 is 15.1 Å². The predicted molar refractivity (Wildman–Crippen MR) is 128 cm³/mol. The van der Waals surface area contributed by atoms with Crippen LogP contribution >= 0.6 is 22.9 Å². The Hall–Kier alpha value is -2.97. The molecule has 1 amide bonds. The molecule has 0 saturated carbocycles.